The zero-order chi connectivity index (χ0) is 31.8. The second-order valence-electron chi connectivity index (χ2n) is 12.3. The molecule has 0 spiro atoms. The molecule has 45 heavy (non-hydrogen) atoms. The molecule has 1 unspecified atom stereocenters. The fraction of sp³-hybridized carbons (Fsp3) is 0.500. The summed E-state index contributed by atoms with van der Waals surface area (Å²) in [6.45, 7) is 10.3. The Balaban J connectivity index is 0.919. The molecule has 1 aliphatic heterocycles. The minimum atomic E-state index is -0.502. The first-order valence-electron chi connectivity index (χ1n) is 15.6. The fourth-order valence-electron chi connectivity index (χ4n) is 6.06. The third kappa shape index (κ3) is 8.77. The largest absolute Gasteiger partial charge is 0.449 e. The first kappa shape index (κ1) is 33.2. The molecule has 0 bridgehead atoms. The average Bonchev–Trinajstić information content (AvgIpc) is 3.77. The zero-order valence-electron chi connectivity index (χ0n) is 26.0. The van der Waals surface area contributed by atoms with Crippen LogP contribution in [-0.2, 0) is 19.0 Å². The van der Waals surface area contributed by atoms with Crippen molar-refractivity contribution in [2.24, 2.45) is 5.92 Å². The molecule has 2 atom stereocenters. The van der Waals surface area contributed by atoms with Crippen LogP contribution in [0.2, 0.25) is 0 Å². The molecule has 1 saturated carbocycles. The molecule has 9 nitrogen and oxygen atoms in total. The Labute approximate surface area is 273 Å². The van der Waals surface area contributed by atoms with E-state index in [4.69, 9.17) is 14.2 Å². The lowest BCUT2D eigenvalue weighted by Crippen LogP contribution is -2.41. The summed E-state index contributed by atoms with van der Waals surface area (Å²) in [5.41, 5.74) is 5.91. The van der Waals surface area contributed by atoms with Crippen molar-refractivity contribution in [1.29, 1.82) is 0 Å². The third-order valence-corrected chi connectivity index (χ3v) is 11.6. The molecule has 242 valence electrons. The summed E-state index contributed by atoms with van der Waals surface area (Å²) in [4.78, 5) is 39.2. The number of carbonyl (C=O) groups is 3. The lowest BCUT2D eigenvalue weighted by atomic mass is 9.98. The van der Waals surface area contributed by atoms with Crippen molar-refractivity contribution in [3.63, 3.8) is 0 Å². The maximum Gasteiger partial charge on any atom is 0.411 e. The molecule has 2 aliphatic carbocycles. The van der Waals surface area contributed by atoms with Gasteiger partial charge in [-0.25, -0.2) is 9.59 Å². The van der Waals surface area contributed by atoms with Crippen LogP contribution in [0.5, 0.6) is 0 Å². The van der Waals surface area contributed by atoms with Gasteiger partial charge in [-0.05, 0) is 55.4 Å². The molecule has 2 aromatic rings. The van der Waals surface area contributed by atoms with Gasteiger partial charge in [-0.2, -0.15) is 0 Å². The van der Waals surface area contributed by atoms with Crippen molar-refractivity contribution >= 4 is 39.7 Å². The number of hydrogen-bond acceptors (Lipinski definition) is 8. The van der Waals surface area contributed by atoms with Gasteiger partial charge in [-0.3, -0.25) is 9.69 Å². The number of benzene rings is 2. The summed E-state index contributed by atoms with van der Waals surface area (Å²) in [6.07, 6.45) is 2.17. The van der Waals surface area contributed by atoms with Gasteiger partial charge in [0.25, 0.3) is 0 Å². The van der Waals surface area contributed by atoms with Crippen LogP contribution in [-0.4, -0.2) is 79.2 Å². The topological polar surface area (TPSA) is 106 Å². The highest BCUT2D eigenvalue weighted by Gasteiger charge is 2.39. The molecule has 1 saturated heterocycles. The minimum absolute atomic E-state index is 0.00471. The number of hydrogen-bond donors (Lipinski definition) is 2. The van der Waals surface area contributed by atoms with E-state index >= 15 is 0 Å². The van der Waals surface area contributed by atoms with E-state index in [9.17, 15) is 14.4 Å². The summed E-state index contributed by atoms with van der Waals surface area (Å²) >= 11 is 0. The van der Waals surface area contributed by atoms with E-state index in [1.54, 1.807) is 26.5 Å². The standard InChI is InChI=1S/C34H43N3O6S2/c1-23-12-13-24(20-23)31-37(17-18-41-31)33(40)43-22-34(2,3)45-44-19-14-30(38)35-15-16-36-32(39)42-21-29-27-10-6-4-8-25(27)26-9-5-7-11-28(26)29/h4-11,24,29,31H,1,12-22H2,2-3H3,(H,35,38)(H,36,39)/t24-,31?/m0/s1. The zero-order valence-corrected chi connectivity index (χ0v) is 27.7. The first-order valence-corrected chi connectivity index (χ1v) is 17.9. The van der Waals surface area contributed by atoms with Crippen LogP contribution in [0.25, 0.3) is 11.1 Å². The summed E-state index contributed by atoms with van der Waals surface area (Å²) in [7, 11) is 3.17. The maximum absolute atomic E-state index is 12.8. The lowest BCUT2D eigenvalue weighted by Gasteiger charge is -2.29. The smallest absolute Gasteiger partial charge is 0.411 e. The Hall–Kier alpha value is -3.15. The van der Waals surface area contributed by atoms with Crippen LogP contribution in [0.4, 0.5) is 9.59 Å². The van der Waals surface area contributed by atoms with Crippen LogP contribution in [0.3, 0.4) is 0 Å². The second-order valence-corrected chi connectivity index (χ2v) is 15.4. The first-order chi connectivity index (χ1) is 21.7. The Morgan fingerprint density at radius 2 is 1.71 bits per heavy atom. The van der Waals surface area contributed by atoms with E-state index in [0.29, 0.717) is 37.8 Å². The number of ether oxygens (including phenoxy) is 3. The predicted octanol–water partition coefficient (Wildman–Crippen LogP) is 6.34. The van der Waals surface area contributed by atoms with Gasteiger partial charge in [0.2, 0.25) is 5.91 Å². The molecule has 11 heteroatoms. The van der Waals surface area contributed by atoms with E-state index in [1.807, 2.05) is 38.1 Å². The van der Waals surface area contributed by atoms with Gasteiger partial charge in [0, 0.05) is 37.1 Å². The molecule has 2 N–H and O–H groups in total. The number of nitrogens with one attached hydrogen (secondary N) is 2. The summed E-state index contributed by atoms with van der Waals surface area (Å²) < 4.78 is 16.8. The van der Waals surface area contributed by atoms with E-state index < -0.39 is 6.09 Å². The molecule has 2 aromatic carbocycles. The number of amides is 3. The van der Waals surface area contributed by atoms with Crippen LogP contribution in [0.1, 0.15) is 56.6 Å². The SMILES string of the molecule is C=C1CC[C@H](C2OCCN2C(=O)OCC(C)(C)SSCCC(=O)NCCNC(=O)OCC2c3ccccc3-c3ccccc32)C1. The van der Waals surface area contributed by atoms with Crippen LogP contribution in [0.15, 0.2) is 60.7 Å². The molecule has 0 aromatic heterocycles. The Bertz CT molecular complexity index is 1340. The summed E-state index contributed by atoms with van der Waals surface area (Å²) in [5.74, 6) is 0.822. The van der Waals surface area contributed by atoms with E-state index in [2.05, 4.69) is 41.5 Å². The number of allylic oxidation sites excluding steroid dienone is 1. The molecular formula is C34H43N3O6S2. The molecule has 0 radical (unpaired) electrons. The highest BCUT2D eigenvalue weighted by atomic mass is 33.1. The van der Waals surface area contributed by atoms with Gasteiger partial charge in [0.15, 0.2) is 0 Å². The molecule has 3 aliphatic rings. The third-order valence-electron chi connectivity index (χ3n) is 8.29. The second kappa shape index (κ2) is 15.4. The van der Waals surface area contributed by atoms with Gasteiger partial charge in [0.05, 0.1) is 17.9 Å². The fourth-order valence-corrected chi connectivity index (χ4v) is 8.44. The maximum atomic E-state index is 12.8. The number of fused-ring (bicyclic) bond motifs is 3. The Morgan fingerprint density at radius 3 is 2.40 bits per heavy atom. The number of nitrogens with zero attached hydrogens (tertiary/aromatic N) is 1. The predicted molar refractivity (Wildman–Crippen MR) is 179 cm³/mol. The van der Waals surface area contributed by atoms with Crippen LogP contribution in [0, 0.1) is 5.92 Å². The van der Waals surface area contributed by atoms with E-state index in [0.717, 1.165) is 30.4 Å². The van der Waals surface area contributed by atoms with E-state index in [-0.39, 0.29) is 48.7 Å². The van der Waals surface area contributed by atoms with Gasteiger partial charge in [-0.15, -0.1) is 0 Å². The van der Waals surface area contributed by atoms with Crippen molar-refractivity contribution < 1.29 is 28.6 Å². The van der Waals surface area contributed by atoms with E-state index in [1.165, 1.54) is 16.7 Å². The molecule has 3 amide bonds. The quantitative estimate of drug-likeness (QED) is 0.147. The van der Waals surface area contributed by atoms with Crippen LogP contribution < -0.4 is 10.6 Å². The Morgan fingerprint density at radius 1 is 1.02 bits per heavy atom. The lowest BCUT2D eigenvalue weighted by molar-refractivity contribution is -0.120. The van der Waals surface area contributed by atoms with Gasteiger partial charge in [0.1, 0.15) is 19.4 Å². The molecule has 5 rings (SSSR count). The van der Waals surface area contributed by atoms with Gasteiger partial charge < -0.3 is 24.8 Å². The average molecular weight is 654 g/mol. The van der Waals surface area contributed by atoms with Gasteiger partial charge >= 0.3 is 12.2 Å². The molecular weight excluding hydrogens is 611 g/mol. The summed E-state index contributed by atoms with van der Waals surface area (Å²) in [6, 6.07) is 16.4. The highest BCUT2D eigenvalue weighted by Crippen LogP contribution is 2.44. The van der Waals surface area contributed by atoms with Crippen molar-refractivity contribution in [2.75, 3.05) is 45.2 Å². The monoisotopic (exact) mass is 653 g/mol. The minimum Gasteiger partial charge on any atom is -0.449 e. The highest BCUT2D eigenvalue weighted by molar-refractivity contribution is 8.77. The normalized spacial score (nSPS) is 19.2. The number of alkyl carbamates (subject to hydrolysis) is 1. The molecule has 2 fully saturated rings. The van der Waals surface area contributed by atoms with Crippen molar-refractivity contribution in [3.05, 3.63) is 71.8 Å². The van der Waals surface area contributed by atoms with Crippen molar-refractivity contribution in [2.45, 2.75) is 56.4 Å². The number of carbonyl (C=O) groups excluding carboxylic acids is 3. The van der Waals surface area contributed by atoms with Crippen molar-refractivity contribution in [3.8, 4) is 11.1 Å². The van der Waals surface area contributed by atoms with Crippen molar-refractivity contribution in [1.82, 2.24) is 15.5 Å². The van der Waals surface area contributed by atoms with Gasteiger partial charge in [-0.1, -0.05) is 82.3 Å². The van der Waals surface area contributed by atoms with Crippen LogP contribution >= 0.6 is 21.6 Å². The Kier molecular flexibility index (Phi) is 11.4. The summed E-state index contributed by atoms with van der Waals surface area (Å²) in [5, 5.41) is 5.56. The molecule has 1 heterocycles. The number of rotatable bonds is 13.